The number of aromatic nitrogens is 1. The average Bonchev–Trinajstić information content (AvgIpc) is 2.79. The van der Waals surface area contributed by atoms with Gasteiger partial charge in [0.1, 0.15) is 6.04 Å². The molecule has 2 aromatic carbocycles. The maximum Gasteiger partial charge on any atom is 0.245 e. The lowest BCUT2D eigenvalue weighted by Gasteiger charge is -2.39. The van der Waals surface area contributed by atoms with E-state index in [2.05, 4.69) is 11.1 Å². The van der Waals surface area contributed by atoms with Crippen molar-refractivity contribution in [3.05, 3.63) is 89.7 Å². The normalized spacial score (nSPS) is 16.5. The number of hydrogen-bond donors (Lipinski definition) is 0. The second-order valence-corrected chi connectivity index (χ2v) is 8.17. The van der Waals surface area contributed by atoms with Crippen LogP contribution in [0.2, 0.25) is 0 Å². The summed E-state index contributed by atoms with van der Waals surface area (Å²) >= 11 is 0. The van der Waals surface area contributed by atoms with E-state index in [1.807, 2.05) is 68.6 Å². The molecular weight excluding hydrogens is 386 g/mol. The summed E-state index contributed by atoms with van der Waals surface area (Å²) in [5, 5.41) is 0. The van der Waals surface area contributed by atoms with Crippen molar-refractivity contribution in [3.63, 3.8) is 0 Å². The first-order valence-electron chi connectivity index (χ1n) is 10.6. The third-order valence-corrected chi connectivity index (χ3v) is 5.88. The van der Waals surface area contributed by atoms with Gasteiger partial charge in [-0.2, -0.15) is 0 Å². The van der Waals surface area contributed by atoms with Crippen LogP contribution in [0.5, 0.6) is 0 Å². The Morgan fingerprint density at radius 1 is 0.968 bits per heavy atom. The fraction of sp³-hybridized carbons (Fsp3) is 0.269. The van der Waals surface area contributed by atoms with Gasteiger partial charge in [-0.1, -0.05) is 54.1 Å². The number of amides is 2. The number of hydrogen-bond acceptors (Lipinski definition) is 3. The van der Waals surface area contributed by atoms with E-state index in [0.717, 1.165) is 27.8 Å². The summed E-state index contributed by atoms with van der Waals surface area (Å²) in [7, 11) is 1.81. The zero-order valence-electron chi connectivity index (χ0n) is 18.0. The minimum atomic E-state index is -0.482. The highest BCUT2D eigenvalue weighted by Crippen LogP contribution is 2.23. The minimum Gasteiger partial charge on any atom is -0.342 e. The molecule has 1 aliphatic rings. The van der Waals surface area contributed by atoms with Gasteiger partial charge < -0.3 is 9.80 Å². The first-order chi connectivity index (χ1) is 15.0. The largest absolute Gasteiger partial charge is 0.342 e. The molecule has 1 aliphatic heterocycles. The number of likely N-dealkylation sites (N-methyl/N-ethyl adjacent to an activating group) is 1. The summed E-state index contributed by atoms with van der Waals surface area (Å²) in [5.41, 5.74) is 5.33. The number of benzene rings is 2. The first kappa shape index (κ1) is 20.8. The summed E-state index contributed by atoms with van der Waals surface area (Å²) < 4.78 is 0. The van der Waals surface area contributed by atoms with Crippen molar-refractivity contribution in [2.24, 2.45) is 0 Å². The molecule has 1 saturated heterocycles. The lowest BCUT2D eigenvalue weighted by atomic mass is 9.97. The summed E-state index contributed by atoms with van der Waals surface area (Å²) in [6.45, 7) is 3.15. The standard InChI is InChI=1S/C26H27N3O2/c1-19-6-8-20(9-7-19)18-25(30)29-15-14-28(2)26(31)24(29)17-21-4-3-5-23(16-21)22-10-12-27-13-11-22/h3-13,16,24H,14-15,17-18H2,1-2H3. The molecule has 2 amide bonds. The Morgan fingerprint density at radius 2 is 1.71 bits per heavy atom. The van der Waals surface area contributed by atoms with Gasteiger partial charge in [0.05, 0.1) is 6.42 Å². The van der Waals surface area contributed by atoms with Crippen LogP contribution in [0.15, 0.2) is 73.1 Å². The molecule has 1 fully saturated rings. The van der Waals surface area contributed by atoms with Crippen molar-refractivity contribution in [2.75, 3.05) is 20.1 Å². The highest BCUT2D eigenvalue weighted by molar-refractivity contribution is 5.89. The van der Waals surface area contributed by atoms with Gasteiger partial charge in [0.25, 0.3) is 0 Å². The van der Waals surface area contributed by atoms with Crippen molar-refractivity contribution in [3.8, 4) is 11.1 Å². The van der Waals surface area contributed by atoms with Crippen LogP contribution in [0.1, 0.15) is 16.7 Å². The fourth-order valence-corrected chi connectivity index (χ4v) is 4.04. The van der Waals surface area contributed by atoms with E-state index < -0.39 is 6.04 Å². The van der Waals surface area contributed by atoms with Crippen LogP contribution in [-0.4, -0.2) is 52.8 Å². The van der Waals surface area contributed by atoms with Crippen LogP contribution in [-0.2, 0) is 22.4 Å². The second-order valence-electron chi connectivity index (χ2n) is 8.17. The lowest BCUT2D eigenvalue weighted by Crippen LogP contribution is -2.58. The van der Waals surface area contributed by atoms with Crippen LogP contribution in [0, 0.1) is 6.92 Å². The van der Waals surface area contributed by atoms with Crippen LogP contribution in [0.3, 0.4) is 0 Å². The summed E-state index contributed by atoms with van der Waals surface area (Å²) in [6.07, 6.45) is 4.35. The molecule has 5 heteroatoms. The van der Waals surface area contributed by atoms with E-state index in [-0.39, 0.29) is 11.8 Å². The lowest BCUT2D eigenvalue weighted by molar-refractivity contribution is -0.149. The first-order valence-corrected chi connectivity index (χ1v) is 10.6. The molecule has 0 saturated carbocycles. The molecule has 0 spiro atoms. The van der Waals surface area contributed by atoms with E-state index >= 15 is 0 Å². The van der Waals surface area contributed by atoms with Crippen molar-refractivity contribution < 1.29 is 9.59 Å². The highest BCUT2D eigenvalue weighted by atomic mass is 16.2. The quantitative estimate of drug-likeness (QED) is 0.643. The summed E-state index contributed by atoms with van der Waals surface area (Å²) in [4.78, 5) is 33.7. The number of aryl methyl sites for hydroxylation is 1. The van der Waals surface area contributed by atoms with E-state index in [4.69, 9.17) is 0 Å². The molecule has 1 aromatic heterocycles. The van der Waals surface area contributed by atoms with E-state index in [1.54, 1.807) is 22.2 Å². The molecule has 0 aliphatic carbocycles. The number of rotatable bonds is 5. The monoisotopic (exact) mass is 413 g/mol. The Balaban J connectivity index is 1.55. The Bertz CT molecular complexity index is 1060. The van der Waals surface area contributed by atoms with Crippen molar-refractivity contribution >= 4 is 11.8 Å². The van der Waals surface area contributed by atoms with Gasteiger partial charge in [-0.3, -0.25) is 14.6 Å². The van der Waals surface area contributed by atoms with Crippen molar-refractivity contribution in [2.45, 2.75) is 25.8 Å². The van der Waals surface area contributed by atoms with Crippen LogP contribution in [0.4, 0.5) is 0 Å². The third kappa shape index (κ3) is 4.82. The van der Waals surface area contributed by atoms with Gasteiger partial charge in [0, 0.05) is 39.0 Å². The molecule has 0 radical (unpaired) electrons. The molecule has 31 heavy (non-hydrogen) atoms. The number of piperazine rings is 1. The number of carbonyl (C=O) groups excluding carboxylic acids is 2. The Hall–Kier alpha value is -3.47. The molecule has 2 heterocycles. The topological polar surface area (TPSA) is 53.5 Å². The maximum atomic E-state index is 13.1. The van der Waals surface area contributed by atoms with Gasteiger partial charge in [-0.25, -0.2) is 0 Å². The molecule has 3 aromatic rings. The zero-order valence-corrected chi connectivity index (χ0v) is 18.0. The zero-order chi connectivity index (χ0) is 21.8. The molecule has 158 valence electrons. The van der Waals surface area contributed by atoms with Gasteiger partial charge in [-0.05, 0) is 41.3 Å². The van der Waals surface area contributed by atoms with Crippen molar-refractivity contribution in [1.82, 2.24) is 14.8 Å². The number of pyridine rings is 1. The van der Waals surface area contributed by atoms with Gasteiger partial charge in [0.2, 0.25) is 11.8 Å². The molecular formula is C26H27N3O2. The predicted octanol–water partition coefficient (Wildman–Crippen LogP) is 3.51. The van der Waals surface area contributed by atoms with Crippen LogP contribution in [0.25, 0.3) is 11.1 Å². The van der Waals surface area contributed by atoms with E-state index in [1.165, 1.54) is 0 Å². The third-order valence-electron chi connectivity index (χ3n) is 5.88. The smallest absolute Gasteiger partial charge is 0.245 e. The molecule has 5 nitrogen and oxygen atoms in total. The molecule has 1 unspecified atom stereocenters. The van der Waals surface area contributed by atoms with Crippen LogP contribution >= 0.6 is 0 Å². The van der Waals surface area contributed by atoms with Gasteiger partial charge >= 0.3 is 0 Å². The van der Waals surface area contributed by atoms with Gasteiger partial charge in [-0.15, -0.1) is 0 Å². The highest BCUT2D eigenvalue weighted by Gasteiger charge is 2.35. The summed E-state index contributed by atoms with van der Waals surface area (Å²) in [5.74, 6) is -0.00147. The maximum absolute atomic E-state index is 13.1. The average molecular weight is 414 g/mol. The molecule has 0 bridgehead atoms. The summed E-state index contributed by atoms with van der Waals surface area (Å²) in [6, 6.07) is 19.6. The molecule has 0 N–H and O–H groups in total. The SMILES string of the molecule is Cc1ccc(CC(=O)N2CCN(C)C(=O)C2Cc2cccc(-c3ccncc3)c2)cc1. The molecule has 4 rings (SSSR count). The Morgan fingerprint density at radius 3 is 2.45 bits per heavy atom. The van der Waals surface area contributed by atoms with E-state index in [9.17, 15) is 9.59 Å². The van der Waals surface area contributed by atoms with Gasteiger partial charge in [0.15, 0.2) is 0 Å². The number of nitrogens with zero attached hydrogens (tertiary/aromatic N) is 3. The minimum absolute atomic E-state index is 0.000548. The van der Waals surface area contributed by atoms with Crippen LogP contribution < -0.4 is 0 Å². The van der Waals surface area contributed by atoms with Crippen molar-refractivity contribution in [1.29, 1.82) is 0 Å². The Labute approximate surface area is 183 Å². The number of carbonyl (C=O) groups is 2. The fourth-order valence-electron chi connectivity index (χ4n) is 4.04. The second kappa shape index (κ2) is 9.13. The molecule has 1 atom stereocenters. The van der Waals surface area contributed by atoms with E-state index in [0.29, 0.717) is 25.9 Å². The Kier molecular flexibility index (Phi) is 6.12. The predicted molar refractivity (Wildman–Crippen MR) is 121 cm³/mol.